The van der Waals surface area contributed by atoms with Gasteiger partial charge in [-0.3, -0.25) is 0 Å². The van der Waals surface area contributed by atoms with Gasteiger partial charge in [0.2, 0.25) is 0 Å². The highest BCUT2D eigenvalue weighted by atomic mass is 16.5. The molecule has 2 atom stereocenters. The molecule has 1 saturated heterocycles. The van der Waals surface area contributed by atoms with E-state index in [0.717, 1.165) is 30.2 Å². The third-order valence-electron chi connectivity index (χ3n) is 3.92. The van der Waals surface area contributed by atoms with Crippen molar-refractivity contribution in [2.24, 2.45) is 5.73 Å². The Balaban J connectivity index is 1.98. The van der Waals surface area contributed by atoms with Crippen LogP contribution in [-0.2, 0) is 16.0 Å². The summed E-state index contributed by atoms with van der Waals surface area (Å²) in [6, 6.07) is 5.95. The lowest BCUT2D eigenvalue weighted by molar-refractivity contribution is -0.00461. The van der Waals surface area contributed by atoms with Crippen LogP contribution in [0.4, 0.5) is 5.82 Å². The zero-order valence-corrected chi connectivity index (χ0v) is 11.8. The summed E-state index contributed by atoms with van der Waals surface area (Å²) < 4.78 is 13.0. The van der Waals surface area contributed by atoms with Gasteiger partial charge in [-0.25, -0.2) is 4.98 Å². The summed E-state index contributed by atoms with van der Waals surface area (Å²) in [7, 11) is 3.43. The molecule has 0 aromatic carbocycles. The molecule has 108 valence electrons. The standard InChI is InChI=1S/C14H20N4O2/c1-19-11-8-17(9-12(11)20-2)14-10(7-15)18-6-4-3-5-13(18)16-14/h3-6,11-12H,7-9,15H2,1-2H3. The summed E-state index contributed by atoms with van der Waals surface area (Å²) >= 11 is 0. The molecule has 6 nitrogen and oxygen atoms in total. The van der Waals surface area contributed by atoms with Crippen molar-refractivity contribution in [1.82, 2.24) is 9.38 Å². The Labute approximate surface area is 118 Å². The van der Waals surface area contributed by atoms with E-state index in [4.69, 9.17) is 20.2 Å². The van der Waals surface area contributed by atoms with E-state index in [9.17, 15) is 0 Å². The van der Waals surface area contributed by atoms with Crippen LogP contribution in [0.1, 0.15) is 5.69 Å². The van der Waals surface area contributed by atoms with Crippen LogP contribution in [0.3, 0.4) is 0 Å². The largest absolute Gasteiger partial charge is 0.377 e. The topological polar surface area (TPSA) is 65.0 Å². The number of hydrogen-bond acceptors (Lipinski definition) is 5. The quantitative estimate of drug-likeness (QED) is 0.888. The van der Waals surface area contributed by atoms with Gasteiger partial charge in [-0.15, -0.1) is 0 Å². The van der Waals surface area contributed by atoms with E-state index >= 15 is 0 Å². The van der Waals surface area contributed by atoms with Gasteiger partial charge in [-0.1, -0.05) is 6.07 Å². The summed E-state index contributed by atoms with van der Waals surface area (Å²) in [6.45, 7) is 1.99. The van der Waals surface area contributed by atoms with Gasteiger partial charge in [-0.2, -0.15) is 0 Å². The number of aromatic nitrogens is 2. The minimum absolute atomic E-state index is 0.0652. The summed E-state index contributed by atoms with van der Waals surface area (Å²) in [5.41, 5.74) is 7.85. The van der Waals surface area contributed by atoms with Gasteiger partial charge in [0, 0.05) is 40.1 Å². The molecule has 0 radical (unpaired) electrons. The van der Waals surface area contributed by atoms with E-state index in [1.807, 2.05) is 28.8 Å². The Morgan fingerprint density at radius 1 is 1.25 bits per heavy atom. The summed E-state index contributed by atoms with van der Waals surface area (Å²) in [5, 5.41) is 0. The SMILES string of the molecule is COC1CN(c2nc3ccccn3c2CN)CC1OC. The van der Waals surface area contributed by atoms with Crippen molar-refractivity contribution in [2.45, 2.75) is 18.8 Å². The van der Waals surface area contributed by atoms with Crippen molar-refractivity contribution in [2.75, 3.05) is 32.2 Å². The third-order valence-corrected chi connectivity index (χ3v) is 3.92. The van der Waals surface area contributed by atoms with Gasteiger partial charge in [0.15, 0.2) is 5.82 Å². The molecular weight excluding hydrogens is 256 g/mol. The predicted octanol–water partition coefficient (Wildman–Crippen LogP) is 0.643. The van der Waals surface area contributed by atoms with Crippen LogP contribution in [0.15, 0.2) is 24.4 Å². The normalized spacial score (nSPS) is 22.9. The van der Waals surface area contributed by atoms with Crippen LogP contribution in [0.5, 0.6) is 0 Å². The minimum Gasteiger partial charge on any atom is -0.377 e. The molecule has 0 amide bonds. The van der Waals surface area contributed by atoms with Gasteiger partial charge < -0.3 is 24.5 Å². The van der Waals surface area contributed by atoms with Crippen LogP contribution >= 0.6 is 0 Å². The molecule has 2 aromatic heterocycles. The molecule has 0 spiro atoms. The number of ether oxygens (including phenoxy) is 2. The van der Waals surface area contributed by atoms with Crippen molar-refractivity contribution in [3.05, 3.63) is 30.1 Å². The number of hydrogen-bond donors (Lipinski definition) is 1. The number of nitrogens with two attached hydrogens (primary N) is 1. The molecule has 1 fully saturated rings. The maximum absolute atomic E-state index is 5.91. The molecule has 0 saturated carbocycles. The van der Waals surface area contributed by atoms with E-state index in [0.29, 0.717) is 6.54 Å². The fourth-order valence-corrected chi connectivity index (χ4v) is 2.85. The number of methoxy groups -OCH3 is 2. The van der Waals surface area contributed by atoms with Crippen LogP contribution < -0.4 is 10.6 Å². The third kappa shape index (κ3) is 2.06. The molecule has 2 aromatic rings. The van der Waals surface area contributed by atoms with Crippen LogP contribution in [0.25, 0.3) is 5.65 Å². The zero-order chi connectivity index (χ0) is 14.1. The Kier molecular flexibility index (Phi) is 3.60. The molecule has 1 aliphatic heterocycles. The highest BCUT2D eigenvalue weighted by Gasteiger charge is 2.35. The van der Waals surface area contributed by atoms with Crippen molar-refractivity contribution in [3.63, 3.8) is 0 Å². The van der Waals surface area contributed by atoms with Crippen LogP contribution in [0, 0.1) is 0 Å². The molecular formula is C14H20N4O2. The van der Waals surface area contributed by atoms with E-state index in [1.165, 1.54) is 0 Å². The molecule has 3 rings (SSSR count). The Morgan fingerprint density at radius 2 is 1.95 bits per heavy atom. The average molecular weight is 276 g/mol. The fraction of sp³-hybridized carbons (Fsp3) is 0.500. The van der Waals surface area contributed by atoms with Gasteiger partial charge in [0.25, 0.3) is 0 Å². The Bertz CT molecular complexity index is 586. The second-order valence-electron chi connectivity index (χ2n) is 4.97. The molecule has 6 heteroatoms. The van der Waals surface area contributed by atoms with E-state index in [-0.39, 0.29) is 12.2 Å². The monoisotopic (exact) mass is 276 g/mol. The molecule has 2 N–H and O–H groups in total. The van der Waals surface area contributed by atoms with E-state index < -0.39 is 0 Å². The maximum Gasteiger partial charge on any atom is 0.152 e. The molecule has 0 aliphatic carbocycles. The first-order valence-corrected chi connectivity index (χ1v) is 6.75. The number of fused-ring (bicyclic) bond motifs is 1. The van der Waals surface area contributed by atoms with E-state index in [2.05, 4.69) is 4.90 Å². The smallest absolute Gasteiger partial charge is 0.152 e. The van der Waals surface area contributed by atoms with Gasteiger partial charge in [0.05, 0.1) is 5.69 Å². The van der Waals surface area contributed by atoms with Crippen molar-refractivity contribution >= 4 is 11.5 Å². The fourth-order valence-electron chi connectivity index (χ4n) is 2.85. The number of anilines is 1. The van der Waals surface area contributed by atoms with Crippen molar-refractivity contribution < 1.29 is 9.47 Å². The first kappa shape index (κ1) is 13.4. The first-order chi connectivity index (χ1) is 9.78. The van der Waals surface area contributed by atoms with Gasteiger partial charge in [-0.05, 0) is 12.1 Å². The van der Waals surface area contributed by atoms with Crippen molar-refractivity contribution in [1.29, 1.82) is 0 Å². The lowest BCUT2D eigenvalue weighted by atomic mass is 10.3. The lowest BCUT2D eigenvalue weighted by Gasteiger charge is -2.16. The second-order valence-corrected chi connectivity index (χ2v) is 4.97. The first-order valence-electron chi connectivity index (χ1n) is 6.75. The number of nitrogens with zero attached hydrogens (tertiary/aromatic N) is 3. The zero-order valence-electron chi connectivity index (χ0n) is 11.8. The van der Waals surface area contributed by atoms with Crippen molar-refractivity contribution in [3.8, 4) is 0 Å². The Hall–Kier alpha value is -1.63. The summed E-state index contributed by atoms with van der Waals surface area (Å²) in [4.78, 5) is 6.89. The van der Waals surface area contributed by atoms with E-state index in [1.54, 1.807) is 14.2 Å². The number of rotatable bonds is 4. The van der Waals surface area contributed by atoms with Crippen LogP contribution in [-0.4, -0.2) is 48.9 Å². The molecule has 3 heterocycles. The molecule has 2 unspecified atom stereocenters. The number of pyridine rings is 1. The predicted molar refractivity (Wildman–Crippen MR) is 76.9 cm³/mol. The number of imidazole rings is 1. The molecule has 0 bridgehead atoms. The second kappa shape index (κ2) is 5.40. The van der Waals surface area contributed by atoms with Gasteiger partial charge in [0.1, 0.15) is 17.9 Å². The Morgan fingerprint density at radius 3 is 2.55 bits per heavy atom. The summed E-state index contributed by atoms with van der Waals surface area (Å²) in [6.07, 6.45) is 2.12. The van der Waals surface area contributed by atoms with Gasteiger partial charge >= 0.3 is 0 Å². The highest BCUT2D eigenvalue weighted by Crippen LogP contribution is 2.27. The molecule has 20 heavy (non-hydrogen) atoms. The highest BCUT2D eigenvalue weighted by molar-refractivity contribution is 5.56. The average Bonchev–Trinajstić information content (AvgIpc) is 3.07. The minimum atomic E-state index is 0.0652. The summed E-state index contributed by atoms with van der Waals surface area (Å²) in [5.74, 6) is 0.931. The van der Waals surface area contributed by atoms with Crippen LogP contribution in [0.2, 0.25) is 0 Å². The maximum atomic E-state index is 5.91. The lowest BCUT2D eigenvalue weighted by Crippen LogP contribution is -2.27. The molecule has 1 aliphatic rings.